The summed E-state index contributed by atoms with van der Waals surface area (Å²) in [5, 5.41) is 0. The molecular weight excluding hydrogens is 256 g/mol. The molecule has 2 atom stereocenters. The Morgan fingerprint density at radius 2 is 2.40 bits per heavy atom. The molecule has 1 aromatic heterocycles. The molecule has 2 rings (SSSR count). The van der Waals surface area contributed by atoms with E-state index in [0.717, 1.165) is 36.4 Å². The zero-order valence-corrected chi connectivity index (χ0v) is 10.5. The number of halogens is 1. The molecule has 2 unspecified atom stereocenters. The number of rotatable bonds is 2. The van der Waals surface area contributed by atoms with Gasteiger partial charge in [-0.25, -0.2) is 0 Å². The van der Waals surface area contributed by atoms with E-state index < -0.39 is 0 Å². The fourth-order valence-corrected chi connectivity index (χ4v) is 2.47. The minimum Gasteiger partial charge on any atom is -0.453 e. The molecule has 84 valence electrons. The Morgan fingerprint density at radius 1 is 1.60 bits per heavy atom. The maximum absolute atomic E-state index is 5.93. The molecule has 1 aliphatic heterocycles. The minimum absolute atomic E-state index is 0.375. The van der Waals surface area contributed by atoms with E-state index in [1.807, 2.05) is 12.1 Å². The molecule has 0 bridgehead atoms. The largest absolute Gasteiger partial charge is 0.453 e. The number of likely N-dealkylation sites (tertiary alicyclic amines) is 1. The summed E-state index contributed by atoms with van der Waals surface area (Å²) in [5.41, 5.74) is 5.93. The molecule has 15 heavy (non-hydrogen) atoms. The zero-order chi connectivity index (χ0) is 10.8. The summed E-state index contributed by atoms with van der Waals surface area (Å²) < 4.78 is 6.31. The molecule has 0 spiro atoms. The lowest BCUT2D eigenvalue weighted by atomic mass is 9.99. The van der Waals surface area contributed by atoms with E-state index in [1.165, 1.54) is 0 Å². The predicted octanol–water partition coefficient (Wildman–Crippen LogP) is 2.35. The minimum atomic E-state index is 0.375. The van der Waals surface area contributed by atoms with Crippen LogP contribution in [0.25, 0.3) is 0 Å². The molecule has 0 radical (unpaired) electrons. The van der Waals surface area contributed by atoms with Gasteiger partial charge in [0.25, 0.3) is 0 Å². The van der Waals surface area contributed by atoms with E-state index in [2.05, 4.69) is 27.8 Å². The third-order valence-electron chi connectivity index (χ3n) is 3.04. The topological polar surface area (TPSA) is 42.4 Å². The van der Waals surface area contributed by atoms with Gasteiger partial charge in [0.1, 0.15) is 5.76 Å². The Morgan fingerprint density at radius 3 is 3.00 bits per heavy atom. The van der Waals surface area contributed by atoms with Gasteiger partial charge >= 0.3 is 0 Å². The first kappa shape index (κ1) is 11.2. The first-order chi connectivity index (χ1) is 7.15. The van der Waals surface area contributed by atoms with E-state index in [0.29, 0.717) is 12.1 Å². The van der Waals surface area contributed by atoms with Crippen molar-refractivity contribution in [3.8, 4) is 0 Å². The average molecular weight is 273 g/mol. The molecule has 1 saturated heterocycles. The lowest BCUT2D eigenvalue weighted by Gasteiger charge is -2.35. The van der Waals surface area contributed by atoms with Gasteiger partial charge in [0.05, 0.1) is 6.54 Å². The molecule has 0 aromatic carbocycles. The van der Waals surface area contributed by atoms with Crippen LogP contribution < -0.4 is 5.73 Å². The smallest absolute Gasteiger partial charge is 0.169 e. The molecule has 4 heteroatoms. The van der Waals surface area contributed by atoms with E-state index >= 15 is 0 Å². The van der Waals surface area contributed by atoms with Crippen molar-refractivity contribution in [2.45, 2.75) is 38.4 Å². The number of furan rings is 1. The molecule has 0 aliphatic carbocycles. The Kier molecular flexibility index (Phi) is 3.49. The van der Waals surface area contributed by atoms with E-state index in [-0.39, 0.29) is 0 Å². The normalized spacial score (nSPS) is 28.2. The van der Waals surface area contributed by atoms with Gasteiger partial charge in [-0.15, -0.1) is 0 Å². The number of nitrogens with zero attached hydrogens (tertiary/aromatic N) is 1. The SMILES string of the molecule is CC1CC(N)CCN1Cc1ccc(Br)o1. The zero-order valence-electron chi connectivity index (χ0n) is 8.95. The van der Waals surface area contributed by atoms with Gasteiger partial charge in [0.15, 0.2) is 4.67 Å². The summed E-state index contributed by atoms with van der Waals surface area (Å²) in [4.78, 5) is 2.43. The lowest BCUT2D eigenvalue weighted by molar-refractivity contribution is 0.130. The molecule has 0 amide bonds. The van der Waals surface area contributed by atoms with Crippen LogP contribution in [-0.4, -0.2) is 23.5 Å². The molecule has 1 fully saturated rings. The highest BCUT2D eigenvalue weighted by atomic mass is 79.9. The van der Waals surface area contributed by atoms with E-state index in [1.54, 1.807) is 0 Å². The van der Waals surface area contributed by atoms with Crippen molar-refractivity contribution in [3.63, 3.8) is 0 Å². The molecule has 2 N–H and O–H groups in total. The number of nitrogens with two attached hydrogens (primary N) is 1. The summed E-state index contributed by atoms with van der Waals surface area (Å²) in [5.74, 6) is 1.02. The maximum Gasteiger partial charge on any atom is 0.169 e. The standard InChI is InChI=1S/C11H17BrN2O/c1-8-6-9(13)4-5-14(8)7-10-2-3-11(12)15-10/h2-3,8-9H,4-7,13H2,1H3. The van der Waals surface area contributed by atoms with Gasteiger partial charge in [0, 0.05) is 18.6 Å². The van der Waals surface area contributed by atoms with Crippen LogP contribution >= 0.6 is 15.9 Å². The molecule has 2 heterocycles. The van der Waals surface area contributed by atoms with Crippen molar-refractivity contribution in [2.75, 3.05) is 6.54 Å². The fourth-order valence-electron chi connectivity index (χ4n) is 2.13. The Labute approximate surface area is 98.7 Å². The lowest BCUT2D eigenvalue weighted by Crippen LogP contribution is -2.44. The second-order valence-electron chi connectivity index (χ2n) is 4.31. The summed E-state index contributed by atoms with van der Waals surface area (Å²) in [6.45, 7) is 4.19. The summed E-state index contributed by atoms with van der Waals surface area (Å²) in [6, 6.07) is 4.89. The molecule has 1 aliphatic rings. The Balaban J connectivity index is 1.94. The third-order valence-corrected chi connectivity index (χ3v) is 3.47. The van der Waals surface area contributed by atoms with Gasteiger partial charge in [-0.05, 0) is 47.8 Å². The fraction of sp³-hybridized carbons (Fsp3) is 0.636. The predicted molar refractivity (Wildman–Crippen MR) is 63.5 cm³/mol. The second-order valence-corrected chi connectivity index (χ2v) is 5.09. The maximum atomic E-state index is 5.93. The molecular formula is C11H17BrN2O. The van der Waals surface area contributed by atoms with Crippen molar-refractivity contribution in [3.05, 3.63) is 22.6 Å². The second kappa shape index (κ2) is 4.68. The highest BCUT2D eigenvalue weighted by Crippen LogP contribution is 2.21. The number of hydrogen-bond acceptors (Lipinski definition) is 3. The van der Waals surface area contributed by atoms with Crippen LogP contribution in [-0.2, 0) is 6.54 Å². The Bertz CT molecular complexity index is 326. The monoisotopic (exact) mass is 272 g/mol. The molecule has 1 aromatic rings. The summed E-state index contributed by atoms with van der Waals surface area (Å²) in [7, 11) is 0. The van der Waals surface area contributed by atoms with Gasteiger partial charge < -0.3 is 10.2 Å². The van der Waals surface area contributed by atoms with Gasteiger partial charge in [-0.2, -0.15) is 0 Å². The van der Waals surface area contributed by atoms with Crippen molar-refractivity contribution in [1.82, 2.24) is 4.90 Å². The van der Waals surface area contributed by atoms with Crippen molar-refractivity contribution in [1.29, 1.82) is 0 Å². The first-order valence-electron chi connectivity index (χ1n) is 5.39. The summed E-state index contributed by atoms with van der Waals surface area (Å²) >= 11 is 3.32. The van der Waals surface area contributed by atoms with Crippen LogP contribution in [0.3, 0.4) is 0 Å². The first-order valence-corrected chi connectivity index (χ1v) is 6.18. The Hall–Kier alpha value is -0.320. The van der Waals surface area contributed by atoms with E-state index in [4.69, 9.17) is 10.2 Å². The van der Waals surface area contributed by atoms with Crippen molar-refractivity contribution < 1.29 is 4.42 Å². The highest BCUT2D eigenvalue weighted by molar-refractivity contribution is 9.10. The quantitative estimate of drug-likeness (QED) is 0.899. The number of piperidine rings is 1. The average Bonchev–Trinajstić information content (AvgIpc) is 2.56. The molecule has 0 saturated carbocycles. The van der Waals surface area contributed by atoms with Crippen molar-refractivity contribution in [2.24, 2.45) is 5.73 Å². The molecule has 3 nitrogen and oxygen atoms in total. The van der Waals surface area contributed by atoms with Gasteiger partial charge in [-0.3, -0.25) is 4.90 Å². The number of hydrogen-bond donors (Lipinski definition) is 1. The highest BCUT2D eigenvalue weighted by Gasteiger charge is 2.23. The van der Waals surface area contributed by atoms with Crippen LogP contribution in [0.2, 0.25) is 0 Å². The van der Waals surface area contributed by atoms with Crippen LogP contribution in [0.4, 0.5) is 0 Å². The summed E-state index contributed by atoms with van der Waals surface area (Å²) in [6.07, 6.45) is 2.17. The van der Waals surface area contributed by atoms with Gasteiger partial charge in [-0.1, -0.05) is 0 Å². The van der Waals surface area contributed by atoms with Crippen LogP contribution in [0.1, 0.15) is 25.5 Å². The van der Waals surface area contributed by atoms with E-state index in [9.17, 15) is 0 Å². The van der Waals surface area contributed by atoms with Gasteiger partial charge in [0.2, 0.25) is 0 Å². The van der Waals surface area contributed by atoms with Crippen LogP contribution in [0.15, 0.2) is 21.2 Å². The van der Waals surface area contributed by atoms with Crippen molar-refractivity contribution >= 4 is 15.9 Å². The van der Waals surface area contributed by atoms with Crippen LogP contribution in [0, 0.1) is 0 Å². The third kappa shape index (κ3) is 2.83. The van der Waals surface area contributed by atoms with Crippen LogP contribution in [0.5, 0.6) is 0 Å².